The van der Waals surface area contributed by atoms with Gasteiger partial charge in [0, 0.05) is 13.1 Å². The van der Waals surface area contributed by atoms with E-state index in [1.807, 2.05) is 49.1 Å². The summed E-state index contributed by atoms with van der Waals surface area (Å²) in [5, 5.41) is 0.563. The third kappa shape index (κ3) is 3.95. The molecular formula is C21H25N3O2S. The summed E-state index contributed by atoms with van der Waals surface area (Å²) in [5.41, 5.74) is 1.70. The van der Waals surface area contributed by atoms with Gasteiger partial charge < -0.3 is 4.90 Å². The second-order valence-corrected chi connectivity index (χ2v) is 7.64. The van der Waals surface area contributed by atoms with Crippen molar-refractivity contribution in [2.45, 2.75) is 40.2 Å². The summed E-state index contributed by atoms with van der Waals surface area (Å²) in [5.74, 6) is 0.000425. The fourth-order valence-electron chi connectivity index (χ4n) is 3.15. The van der Waals surface area contributed by atoms with Crippen LogP contribution in [0.5, 0.6) is 0 Å². The van der Waals surface area contributed by atoms with Gasteiger partial charge in [-0.3, -0.25) is 14.2 Å². The summed E-state index contributed by atoms with van der Waals surface area (Å²) in [7, 11) is 0. The lowest BCUT2D eigenvalue weighted by atomic mass is 10.2. The zero-order chi connectivity index (χ0) is 19.4. The van der Waals surface area contributed by atoms with Gasteiger partial charge in [0.25, 0.3) is 11.5 Å². The number of thiophene rings is 1. The Labute approximate surface area is 163 Å². The Hall–Kier alpha value is -2.47. The van der Waals surface area contributed by atoms with Crippen LogP contribution in [0.1, 0.15) is 47.5 Å². The molecule has 0 atom stereocenters. The van der Waals surface area contributed by atoms with E-state index >= 15 is 0 Å². The van der Waals surface area contributed by atoms with Crippen LogP contribution in [-0.4, -0.2) is 33.4 Å². The molecular weight excluding hydrogens is 358 g/mol. The first-order valence-electron chi connectivity index (χ1n) is 9.38. The van der Waals surface area contributed by atoms with Crippen molar-refractivity contribution in [2.24, 2.45) is 0 Å². The van der Waals surface area contributed by atoms with Crippen LogP contribution in [-0.2, 0) is 6.54 Å². The van der Waals surface area contributed by atoms with Gasteiger partial charge in [-0.1, -0.05) is 43.7 Å². The molecule has 6 heteroatoms. The van der Waals surface area contributed by atoms with Gasteiger partial charge in [-0.05, 0) is 31.4 Å². The fraction of sp³-hybridized carbons (Fsp3) is 0.381. The van der Waals surface area contributed by atoms with Crippen LogP contribution in [0.15, 0.2) is 41.5 Å². The Morgan fingerprint density at radius 1 is 1.22 bits per heavy atom. The summed E-state index contributed by atoms with van der Waals surface area (Å²) in [4.78, 5) is 33.5. The molecule has 0 bridgehead atoms. The number of aryl methyl sites for hydroxylation is 1. The van der Waals surface area contributed by atoms with Crippen molar-refractivity contribution in [1.29, 1.82) is 0 Å². The Morgan fingerprint density at radius 2 is 1.96 bits per heavy atom. The van der Waals surface area contributed by atoms with Crippen molar-refractivity contribution in [3.63, 3.8) is 0 Å². The third-order valence-corrected chi connectivity index (χ3v) is 5.95. The predicted molar refractivity (Wildman–Crippen MR) is 111 cm³/mol. The second-order valence-electron chi connectivity index (χ2n) is 6.64. The van der Waals surface area contributed by atoms with Gasteiger partial charge in [0.15, 0.2) is 0 Å². The first-order chi connectivity index (χ1) is 13.1. The molecule has 0 aliphatic heterocycles. The molecule has 1 aromatic carbocycles. The van der Waals surface area contributed by atoms with Crippen LogP contribution in [0, 0.1) is 6.92 Å². The highest BCUT2D eigenvalue weighted by Gasteiger charge is 2.22. The van der Waals surface area contributed by atoms with E-state index in [1.165, 1.54) is 11.3 Å². The molecule has 0 spiro atoms. The van der Waals surface area contributed by atoms with Crippen molar-refractivity contribution in [3.8, 4) is 0 Å². The molecule has 2 heterocycles. The highest BCUT2D eigenvalue weighted by Crippen LogP contribution is 2.28. The van der Waals surface area contributed by atoms with Gasteiger partial charge >= 0.3 is 0 Å². The lowest BCUT2D eigenvalue weighted by Gasteiger charge is -2.20. The number of fused-ring (bicyclic) bond motifs is 1. The molecule has 0 unspecified atom stereocenters. The molecule has 0 saturated carbocycles. The quantitative estimate of drug-likeness (QED) is 0.618. The number of carbonyl (C=O) groups excluding carboxylic acids is 1. The highest BCUT2D eigenvalue weighted by molar-refractivity contribution is 7.20. The summed E-state index contributed by atoms with van der Waals surface area (Å²) in [6.07, 6.45) is 3.60. The van der Waals surface area contributed by atoms with E-state index in [9.17, 15) is 9.59 Å². The van der Waals surface area contributed by atoms with Crippen molar-refractivity contribution in [1.82, 2.24) is 14.5 Å². The second kappa shape index (κ2) is 8.48. The van der Waals surface area contributed by atoms with Crippen molar-refractivity contribution < 1.29 is 4.79 Å². The summed E-state index contributed by atoms with van der Waals surface area (Å²) < 4.78 is 1.61. The number of rotatable bonds is 7. The third-order valence-electron chi connectivity index (χ3n) is 4.76. The van der Waals surface area contributed by atoms with Gasteiger partial charge in [-0.2, -0.15) is 0 Å². The van der Waals surface area contributed by atoms with E-state index < -0.39 is 0 Å². The minimum atomic E-state index is -0.0896. The predicted octanol–water partition coefficient (Wildman–Crippen LogP) is 4.08. The average Bonchev–Trinajstić information content (AvgIpc) is 3.02. The van der Waals surface area contributed by atoms with E-state index in [0.717, 1.165) is 30.5 Å². The maximum absolute atomic E-state index is 13.0. The molecule has 0 aliphatic rings. The summed E-state index contributed by atoms with van der Waals surface area (Å²) in [6, 6.07) is 9.83. The Balaban J connectivity index is 1.98. The monoisotopic (exact) mass is 383 g/mol. The summed E-state index contributed by atoms with van der Waals surface area (Å²) in [6.45, 7) is 7.83. The van der Waals surface area contributed by atoms with Crippen LogP contribution < -0.4 is 5.56 Å². The lowest BCUT2D eigenvalue weighted by molar-refractivity contribution is 0.0766. The molecule has 2 aromatic heterocycles. The molecule has 0 radical (unpaired) electrons. The molecule has 142 valence electrons. The minimum absolute atomic E-state index is 0.000425. The Kier molecular flexibility index (Phi) is 6.06. The molecule has 0 saturated heterocycles. The number of amides is 1. The van der Waals surface area contributed by atoms with Gasteiger partial charge in [0.2, 0.25) is 0 Å². The highest BCUT2D eigenvalue weighted by atomic mass is 32.1. The first-order valence-corrected chi connectivity index (χ1v) is 10.2. The Morgan fingerprint density at radius 3 is 2.63 bits per heavy atom. The Bertz CT molecular complexity index is 992. The minimum Gasteiger partial charge on any atom is -0.338 e. The fourth-order valence-corrected chi connectivity index (χ4v) is 4.26. The van der Waals surface area contributed by atoms with Crippen molar-refractivity contribution >= 4 is 27.5 Å². The topological polar surface area (TPSA) is 55.2 Å². The molecule has 5 nitrogen and oxygen atoms in total. The van der Waals surface area contributed by atoms with Gasteiger partial charge in [0.05, 0.1) is 23.1 Å². The van der Waals surface area contributed by atoms with Crippen molar-refractivity contribution in [2.75, 3.05) is 13.1 Å². The first kappa shape index (κ1) is 19.3. The van der Waals surface area contributed by atoms with Gasteiger partial charge in [0.1, 0.15) is 4.83 Å². The van der Waals surface area contributed by atoms with E-state index in [2.05, 4.69) is 11.9 Å². The normalized spacial score (nSPS) is 11.1. The smallest absolute Gasteiger partial charge is 0.264 e. The molecule has 27 heavy (non-hydrogen) atoms. The number of hydrogen-bond acceptors (Lipinski definition) is 4. The molecule has 0 N–H and O–H groups in total. The van der Waals surface area contributed by atoms with E-state index in [1.54, 1.807) is 10.9 Å². The zero-order valence-corrected chi connectivity index (χ0v) is 16.9. The van der Waals surface area contributed by atoms with Crippen LogP contribution >= 0.6 is 11.3 Å². The number of unbranched alkanes of at least 4 members (excludes halogenated alkanes) is 1. The van der Waals surface area contributed by atoms with E-state index in [0.29, 0.717) is 28.2 Å². The summed E-state index contributed by atoms with van der Waals surface area (Å²) >= 11 is 1.32. The number of benzene rings is 1. The maximum Gasteiger partial charge on any atom is 0.264 e. The maximum atomic E-state index is 13.0. The molecule has 1 amide bonds. The van der Waals surface area contributed by atoms with Crippen LogP contribution in [0.3, 0.4) is 0 Å². The van der Waals surface area contributed by atoms with Gasteiger partial charge in [-0.25, -0.2) is 4.98 Å². The largest absolute Gasteiger partial charge is 0.338 e. The standard InChI is InChI=1S/C21H25N3O2S/c1-4-6-12-23(5-2)21(26)18-15(3)17-19(27-18)22-14-24(20(17)25)13-16-10-8-7-9-11-16/h7-11,14H,4-6,12-13H2,1-3H3. The van der Waals surface area contributed by atoms with Crippen molar-refractivity contribution in [3.05, 3.63) is 63.0 Å². The number of hydrogen-bond donors (Lipinski definition) is 0. The number of aromatic nitrogens is 2. The molecule has 0 aliphatic carbocycles. The van der Waals surface area contributed by atoms with Gasteiger partial charge in [-0.15, -0.1) is 11.3 Å². The van der Waals surface area contributed by atoms with Crippen LogP contribution in [0.25, 0.3) is 10.2 Å². The van der Waals surface area contributed by atoms with E-state index in [4.69, 9.17) is 0 Å². The molecule has 0 fully saturated rings. The molecule has 3 rings (SSSR count). The average molecular weight is 384 g/mol. The number of carbonyl (C=O) groups is 1. The lowest BCUT2D eigenvalue weighted by Crippen LogP contribution is -2.31. The number of nitrogens with zero attached hydrogens (tertiary/aromatic N) is 3. The SMILES string of the molecule is CCCCN(CC)C(=O)c1sc2ncn(Cc3ccccc3)c(=O)c2c1C. The van der Waals surface area contributed by atoms with Crippen LogP contribution in [0.4, 0.5) is 0 Å². The van der Waals surface area contributed by atoms with E-state index in [-0.39, 0.29) is 11.5 Å². The molecule has 3 aromatic rings. The zero-order valence-electron chi connectivity index (χ0n) is 16.1. The van der Waals surface area contributed by atoms with Crippen LogP contribution in [0.2, 0.25) is 0 Å².